The van der Waals surface area contributed by atoms with E-state index in [0.717, 1.165) is 24.7 Å². The Kier molecular flexibility index (Phi) is 5.73. The molecule has 1 amide bonds. The van der Waals surface area contributed by atoms with Crippen LogP contribution in [0.2, 0.25) is 0 Å². The van der Waals surface area contributed by atoms with Gasteiger partial charge in [0.2, 0.25) is 0 Å². The lowest BCUT2D eigenvalue weighted by atomic mass is 9.46. The summed E-state index contributed by atoms with van der Waals surface area (Å²) in [6, 6.07) is 0. The van der Waals surface area contributed by atoms with Crippen molar-refractivity contribution in [1.82, 2.24) is 5.32 Å². The van der Waals surface area contributed by atoms with Crippen LogP contribution in [0.3, 0.4) is 0 Å². The van der Waals surface area contributed by atoms with E-state index in [1.807, 2.05) is 0 Å². The van der Waals surface area contributed by atoms with Crippen LogP contribution < -0.4 is 5.32 Å². The first kappa shape index (κ1) is 25.5. The van der Waals surface area contributed by atoms with Crippen molar-refractivity contribution in [1.29, 1.82) is 0 Å². The van der Waals surface area contributed by atoms with Gasteiger partial charge < -0.3 is 19.9 Å². The van der Waals surface area contributed by atoms with Gasteiger partial charge in [-0.15, -0.1) is 0 Å². The van der Waals surface area contributed by atoms with Crippen LogP contribution in [0.15, 0.2) is 0 Å². The molecule has 0 aromatic carbocycles. The summed E-state index contributed by atoms with van der Waals surface area (Å²) in [4.78, 5) is 12.1. The number of carbonyl (C=O) groups excluding carboxylic acids is 1. The number of rotatable bonds is 3. The van der Waals surface area contributed by atoms with Crippen LogP contribution >= 0.6 is 0 Å². The first-order valence-corrected chi connectivity index (χ1v) is 15.1. The Labute approximate surface area is 218 Å². The second-order valence-corrected chi connectivity index (χ2v) is 15.3. The van der Waals surface area contributed by atoms with E-state index in [0.29, 0.717) is 34.0 Å². The minimum absolute atomic E-state index is 0.0140. The average molecular weight is 502 g/mol. The predicted molar refractivity (Wildman–Crippen MR) is 140 cm³/mol. The van der Waals surface area contributed by atoms with Gasteiger partial charge in [0.05, 0.1) is 18.3 Å². The third kappa shape index (κ3) is 3.17. The molecule has 5 heteroatoms. The molecule has 6 aliphatic rings. The van der Waals surface area contributed by atoms with Gasteiger partial charge in [-0.1, -0.05) is 41.5 Å². The molecule has 2 N–H and O–H groups in total. The molecule has 0 bridgehead atoms. The number of nitrogens with one attached hydrogen (secondary N) is 1. The lowest BCUT2D eigenvalue weighted by molar-refractivity contribution is -0.165. The van der Waals surface area contributed by atoms with E-state index in [1.165, 1.54) is 44.9 Å². The molecule has 204 valence electrons. The normalized spacial score (nSPS) is 53.2. The number of aliphatic hydroxyl groups is 1. The Hall–Kier alpha value is -0.810. The minimum atomic E-state index is -0.350. The molecular weight excluding hydrogens is 450 g/mol. The summed E-state index contributed by atoms with van der Waals surface area (Å²) in [6.07, 6.45) is 10.8. The number of carbonyl (C=O) groups is 1. The van der Waals surface area contributed by atoms with Gasteiger partial charge in [-0.2, -0.15) is 0 Å². The zero-order valence-electron chi connectivity index (χ0n) is 23.8. The van der Waals surface area contributed by atoms with E-state index >= 15 is 0 Å². The highest BCUT2D eigenvalue weighted by atomic mass is 16.6. The van der Waals surface area contributed by atoms with Gasteiger partial charge in [-0.05, 0) is 115 Å². The van der Waals surface area contributed by atoms with Crippen molar-refractivity contribution in [2.24, 2.45) is 57.2 Å². The van der Waals surface area contributed by atoms with E-state index in [1.54, 1.807) is 7.05 Å². The Morgan fingerprint density at radius 1 is 1.03 bits per heavy atom. The standard InChI is InChI=1S/C31H51NO4/c1-17(2)26(36-27(34)32-7)22-14-18(3)25-21(35-22)15-20-19-8-9-23-28(4,5)24(33)10-11-31(23)16-30(19,31)13-12-29(20,25)6/h17-26,33H,8-16H2,1-7H3,(H,32,34)/t18-,19?,20?,21?,22?,23+,24+,25?,26-,29+,30+,31-/m1/s1. The fourth-order valence-corrected chi connectivity index (χ4v) is 11.9. The van der Waals surface area contributed by atoms with Gasteiger partial charge in [-0.25, -0.2) is 4.79 Å². The van der Waals surface area contributed by atoms with Gasteiger partial charge >= 0.3 is 6.09 Å². The van der Waals surface area contributed by atoms with Crippen LogP contribution in [-0.4, -0.2) is 42.7 Å². The highest BCUT2D eigenvalue weighted by Crippen LogP contribution is 2.87. The molecule has 6 rings (SSSR count). The van der Waals surface area contributed by atoms with Crippen molar-refractivity contribution in [3.8, 4) is 0 Å². The number of alkyl carbamates (subject to hydrolysis) is 1. The number of amides is 1. The molecule has 0 aromatic heterocycles. The van der Waals surface area contributed by atoms with Gasteiger partial charge in [0.15, 0.2) is 0 Å². The van der Waals surface area contributed by atoms with Crippen molar-refractivity contribution >= 4 is 6.09 Å². The van der Waals surface area contributed by atoms with Gasteiger partial charge in [-0.3, -0.25) is 0 Å². The van der Waals surface area contributed by atoms with E-state index in [-0.39, 0.29) is 41.8 Å². The summed E-state index contributed by atoms with van der Waals surface area (Å²) in [5.41, 5.74) is 1.43. The largest absolute Gasteiger partial charge is 0.443 e. The number of aliphatic hydroxyl groups excluding tert-OH is 1. The lowest BCUT2D eigenvalue weighted by Crippen LogP contribution is -2.55. The first-order valence-electron chi connectivity index (χ1n) is 15.1. The van der Waals surface area contributed by atoms with Gasteiger partial charge in [0.25, 0.3) is 0 Å². The topological polar surface area (TPSA) is 67.8 Å². The quantitative estimate of drug-likeness (QED) is 0.484. The second-order valence-electron chi connectivity index (χ2n) is 15.3. The number of hydrogen-bond acceptors (Lipinski definition) is 4. The van der Waals surface area contributed by atoms with Crippen LogP contribution in [0, 0.1) is 57.2 Å². The predicted octanol–water partition coefficient (Wildman–Crippen LogP) is 6.18. The van der Waals surface area contributed by atoms with Crippen molar-refractivity contribution in [2.75, 3.05) is 7.05 Å². The number of fused-ring (bicyclic) bond motifs is 4. The van der Waals surface area contributed by atoms with Gasteiger partial charge in [0, 0.05) is 7.05 Å². The maximum atomic E-state index is 12.1. The molecule has 5 aliphatic carbocycles. The number of ether oxygens (including phenoxy) is 2. The summed E-state index contributed by atoms with van der Waals surface area (Å²) < 4.78 is 12.8. The molecule has 2 spiro atoms. The van der Waals surface area contributed by atoms with Crippen LogP contribution in [0.4, 0.5) is 4.79 Å². The second kappa shape index (κ2) is 8.10. The molecule has 36 heavy (non-hydrogen) atoms. The molecule has 5 saturated carbocycles. The molecule has 5 unspecified atom stereocenters. The molecular formula is C31H51NO4. The molecule has 1 aliphatic heterocycles. The molecule has 12 atom stereocenters. The smallest absolute Gasteiger partial charge is 0.407 e. The summed E-state index contributed by atoms with van der Waals surface area (Å²) >= 11 is 0. The molecule has 0 radical (unpaired) electrons. The fourth-order valence-electron chi connectivity index (χ4n) is 11.9. The maximum absolute atomic E-state index is 12.1. The molecule has 6 fully saturated rings. The van der Waals surface area contributed by atoms with Crippen molar-refractivity contribution in [3.05, 3.63) is 0 Å². The Balaban J connectivity index is 1.25. The van der Waals surface area contributed by atoms with E-state index < -0.39 is 0 Å². The van der Waals surface area contributed by atoms with Crippen molar-refractivity contribution in [3.63, 3.8) is 0 Å². The van der Waals surface area contributed by atoms with Crippen LogP contribution in [0.25, 0.3) is 0 Å². The third-order valence-corrected chi connectivity index (χ3v) is 13.4. The highest BCUT2D eigenvalue weighted by Gasteiger charge is 2.80. The van der Waals surface area contributed by atoms with Crippen LogP contribution in [0.1, 0.15) is 99.3 Å². The van der Waals surface area contributed by atoms with Crippen LogP contribution in [0.5, 0.6) is 0 Å². The molecule has 1 heterocycles. The highest BCUT2D eigenvalue weighted by molar-refractivity contribution is 5.66. The monoisotopic (exact) mass is 501 g/mol. The Morgan fingerprint density at radius 2 is 1.78 bits per heavy atom. The first-order chi connectivity index (χ1) is 16.9. The van der Waals surface area contributed by atoms with Crippen molar-refractivity contribution < 1.29 is 19.4 Å². The average Bonchev–Trinajstić information content (AvgIpc) is 3.39. The summed E-state index contributed by atoms with van der Waals surface area (Å²) in [7, 11) is 1.63. The number of hydrogen-bond donors (Lipinski definition) is 2. The lowest BCUT2D eigenvalue weighted by Gasteiger charge is -2.59. The minimum Gasteiger partial charge on any atom is -0.443 e. The summed E-state index contributed by atoms with van der Waals surface area (Å²) in [6.45, 7) is 14.1. The van der Waals surface area contributed by atoms with E-state index in [9.17, 15) is 9.90 Å². The third-order valence-electron chi connectivity index (χ3n) is 13.4. The summed E-state index contributed by atoms with van der Waals surface area (Å²) in [5.74, 6) is 3.68. The van der Waals surface area contributed by atoms with E-state index in [4.69, 9.17) is 9.47 Å². The fraction of sp³-hybridized carbons (Fsp3) is 0.968. The zero-order valence-corrected chi connectivity index (χ0v) is 23.8. The summed E-state index contributed by atoms with van der Waals surface area (Å²) in [5, 5.41) is 13.5. The van der Waals surface area contributed by atoms with E-state index in [2.05, 4.69) is 46.9 Å². The Bertz CT molecular complexity index is 903. The Morgan fingerprint density at radius 3 is 2.47 bits per heavy atom. The van der Waals surface area contributed by atoms with Crippen molar-refractivity contribution in [2.45, 2.75) is 124 Å². The molecule has 5 nitrogen and oxygen atoms in total. The zero-order chi connectivity index (χ0) is 25.8. The SMILES string of the molecule is CNC(=O)O[C@H](C(C)C)C1C[C@@H](C)C2C(CC3C4CC[C@H]5C(C)(C)[C@@H](O)CC[C@@]56C[C@@]46CC[C@@]32C)O1. The van der Waals surface area contributed by atoms with Crippen LogP contribution in [-0.2, 0) is 9.47 Å². The van der Waals surface area contributed by atoms with Gasteiger partial charge in [0.1, 0.15) is 6.10 Å². The molecule has 0 aromatic rings. The maximum Gasteiger partial charge on any atom is 0.407 e. The molecule has 1 saturated heterocycles.